The maximum absolute atomic E-state index is 5.25. The number of rotatable bonds is 1. The van der Waals surface area contributed by atoms with Crippen LogP contribution in [-0.2, 0) is 0 Å². The third-order valence-corrected chi connectivity index (χ3v) is 3.75. The minimum atomic E-state index is 0.738. The Bertz CT molecular complexity index is 664. The van der Waals surface area contributed by atoms with Crippen molar-refractivity contribution in [3.05, 3.63) is 47.2 Å². The summed E-state index contributed by atoms with van der Waals surface area (Å²) in [6.07, 6.45) is 1.83. The van der Waals surface area contributed by atoms with E-state index >= 15 is 0 Å². The molecular formula is C12H8N2S2. The number of nitrogens with one attached hydrogen (secondary N) is 1. The Balaban J connectivity index is 2.27. The molecule has 0 amide bonds. The number of aromatic nitrogens is 2. The predicted octanol–water partition coefficient (Wildman–Crippen LogP) is 4.02. The van der Waals surface area contributed by atoms with Crippen molar-refractivity contribution in [3.63, 3.8) is 0 Å². The van der Waals surface area contributed by atoms with Crippen LogP contribution in [0.25, 0.3) is 20.8 Å². The van der Waals surface area contributed by atoms with Gasteiger partial charge in [0, 0.05) is 11.8 Å². The van der Waals surface area contributed by atoms with Gasteiger partial charge in [0.25, 0.3) is 0 Å². The third-order valence-electron chi connectivity index (χ3n) is 2.34. The van der Waals surface area contributed by atoms with E-state index < -0.39 is 0 Å². The van der Waals surface area contributed by atoms with E-state index in [4.69, 9.17) is 12.2 Å². The fraction of sp³-hybridized carbons (Fsp3) is 0. The van der Waals surface area contributed by atoms with Crippen LogP contribution < -0.4 is 0 Å². The van der Waals surface area contributed by atoms with Gasteiger partial charge in [-0.2, -0.15) is 0 Å². The van der Waals surface area contributed by atoms with Crippen LogP contribution in [0.1, 0.15) is 0 Å². The van der Waals surface area contributed by atoms with Crippen LogP contribution in [0.5, 0.6) is 0 Å². The van der Waals surface area contributed by atoms with Gasteiger partial charge in [0.2, 0.25) is 0 Å². The van der Waals surface area contributed by atoms with Crippen molar-refractivity contribution in [2.24, 2.45) is 0 Å². The van der Waals surface area contributed by atoms with Gasteiger partial charge in [-0.05, 0) is 24.3 Å². The topological polar surface area (TPSA) is 28.7 Å². The predicted molar refractivity (Wildman–Crippen MR) is 70.2 cm³/mol. The van der Waals surface area contributed by atoms with Gasteiger partial charge in [0.15, 0.2) is 0 Å². The highest BCUT2D eigenvalue weighted by molar-refractivity contribution is 7.71. The normalized spacial score (nSPS) is 10.8. The molecule has 0 unspecified atom stereocenters. The minimum absolute atomic E-state index is 0.738. The van der Waals surface area contributed by atoms with Gasteiger partial charge in [0.1, 0.15) is 9.65 Å². The minimum Gasteiger partial charge on any atom is -0.352 e. The molecule has 0 aliphatic heterocycles. The lowest BCUT2D eigenvalue weighted by Crippen LogP contribution is -1.79. The molecule has 1 N–H and O–H groups in total. The Morgan fingerprint density at radius 1 is 1.12 bits per heavy atom. The SMILES string of the molecule is S=c1[nH]cccc1-c1nc2ccccc2s1. The summed E-state index contributed by atoms with van der Waals surface area (Å²) in [6.45, 7) is 0. The fourth-order valence-corrected chi connectivity index (χ4v) is 2.87. The molecule has 3 aromatic rings. The monoisotopic (exact) mass is 244 g/mol. The first-order valence-corrected chi connectivity index (χ1v) is 6.11. The van der Waals surface area contributed by atoms with Crippen LogP contribution in [-0.4, -0.2) is 9.97 Å². The average Bonchev–Trinajstić information content (AvgIpc) is 2.73. The van der Waals surface area contributed by atoms with Gasteiger partial charge in [-0.15, -0.1) is 11.3 Å². The second-order valence-electron chi connectivity index (χ2n) is 3.40. The number of pyridine rings is 1. The lowest BCUT2D eigenvalue weighted by molar-refractivity contribution is 1.29. The highest BCUT2D eigenvalue weighted by Crippen LogP contribution is 2.29. The van der Waals surface area contributed by atoms with Gasteiger partial charge in [-0.25, -0.2) is 4.98 Å². The van der Waals surface area contributed by atoms with E-state index in [2.05, 4.69) is 16.0 Å². The number of nitrogens with zero attached hydrogens (tertiary/aromatic N) is 1. The van der Waals surface area contributed by atoms with Crippen LogP contribution >= 0.6 is 23.6 Å². The zero-order valence-electron chi connectivity index (χ0n) is 8.31. The second-order valence-corrected chi connectivity index (χ2v) is 4.84. The molecule has 0 radical (unpaired) electrons. The van der Waals surface area contributed by atoms with Crippen molar-refractivity contribution in [1.82, 2.24) is 9.97 Å². The molecule has 2 nitrogen and oxygen atoms in total. The van der Waals surface area contributed by atoms with E-state index in [-0.39, 0.29) is 0 Å². The van der Waals surface area contributed by atoms with Gasteiger partial charge < -0.3 is 4.98 Å². The quantitative estimate of drug-likeness (QED) is 0.655. The van der Waals surface area contributed by atoms with E-state index in [0.29, 0.717) is 0 Å². The zero-order valence-corrected chi connectivity index (χ0v) is 9.94. The summed E-state index contributed by atoms with van der Waals surface area (Å²) >= 11 is 6.92. The number of hydrogen-bond donors (Lipinski definition) is 1. The lowest BCUT2D eigenvalue weighted by atomic mass is 10.3. The number of thiazole rings is 1. The molecule has 2 heterocycles. The third kappa shape index (κ3) is 1.56. The largest absolute Gasteiger partial charge is 0.352 e. The number of H-pyrrole nitrogens is 1. The van der Waals surface area contributed by atoms with Crippen LogP contribution in [0.3, 0.4) is 0 Å². The van der Waals surface area contributed by atoms with Gasteiger partial charge in [-0.1, -0.05) is 24.4 Å². The Hall–Kier alpha value is -1.52. The van der Waals surface area contributed by atoms with Gasteiger partial charge >= 0.3 is 0 Å². The molecular weight excluding hydrogens is 236 g/mol. The Morgan fingerprint density at radius 2 is 2.00 bits per heavy atom. The van der Waals surface area contributed by atoms with Crippen LogP contribution in [0.15, 0.2) is 42.6 Å². The Labute approximate surface area is 102 Å². The first-order chi connectivity index (χ1) is 7.84. The van der Waals surface area contributed by atoms with E-state index in [1.54, 1.807) is 11.3 Å². The number of hydrogen-bond acceptors (Lipinski definition) is 3. The standard InChI is InChI=1S/C12H8N2S2/c15-11-8(4-3-7-13-11)12-14-9-5-1-2-6-10(9)16-12/h1-7H,(H,13,15). The molecule has 0 aliphatic carbocycles. The van der Waals surface area contributed by atoms with Crippen molar-refractivity contribution >= 4 is 33.8 Å². The first-order valence-electron chi connectivity index (χ1n) is 4.88. The number of para-hydroxylation sites is 1. The molecule has 0 bridgehead atoms. The van der Waals surface area contributed by atoms with E-state index in [9.17, 15) is 0 Å². The molecule has 3 rings (SSSR count). The Kier molecular flexibility index (Phi) is 2.31. The van der Waals surface area contributed by atoms with E-state index in [1.807, 2.05) is 36.5 Å². The highest BCUT2D eigenvalue weighted by Gasteiger charge is 2.06. The van der Waals surface area contributed by atoms with Crippen molar-refractivity contribution in [1.29, 1.82) is 0 Å². The van der Waals surface area contributed by atoms with Crippen LogP contribution in [0.4, 0.5) is 0 Å². The fourth-order valence-electron chi connectivity index (χ4n) is 1.58. The van der Waals surface area contributed by atoms with Crippen LogP contribution in [0, 0.1) is 4.64 Å². The molecule has 1 aromatic carbocycles. The average molecular weight is 244 g/mol. The van der Waals surface area contributed by atoms with Crippen molar-refractivity contribution in [3.8, 4) is 10.6 Å². The molecule has 4 heteroatoms. The molecule has 0 saturated heterocycles. The van der Waals surface area contributed by atoms with E-state index in [1.165, 1.54) is 4.70 Å². The van der Waals surface area contributed by atoms with Crippen LogP contribution in [0.2, 0.25) is 0 Å². The molecule has 0 fully saturated rings. The maximum atomic E-state index is 5.25. The number of fused-ring (bicyclic) bond motifs is 1. The molecule has 0 saturated carbocycles. The maximum Gasteiger partial charge on any atom is 0.127 e. The zero-order chi connectivity index (χ0) is 11.0. The van der Waals surface area contributed by atoms with Gasteiger partial charge in [-0.3, -0.25) is 0 Å². The van der Waals surface area contributed by atoms with Crippen molar-refractivity contribution < 1.29 is 0 Å². The van der Waals surface area contributed by atoms with Crippen molar-refractivity contribution in [2.45, 2.75) is 0 Å². The number of benzene rings is 1. The molecule has 2 aromatic heterocycles. The molecule has 0 spiro atoms. The summed E-state index contributed by atoms with van der Waals surface area (Å²) in [4.78, 5) is 7.60. The summed E-state index contributed by atoms with van der Waals surface area (Å²) in [5, 5.41) is 0.975. The molecule has 0 atom stereocenters. The molecule has 0 aliphatic rings. The summed E-state index contributed by atoms with van der Waals surface area (Å²) in [6, 6.07) is 12.1. The summed E-state index contributed by atoms with van der Waals surface area (Å²) < 4.78 is 1.93. The lowest BCUT2D eigenvalue weighted by Gasteiger charge is -1.94. The van der Waals surface area contributed by atoms with E-state index in [0.717, 1.165) is 20.7 Å². The molecule has 78 valence electrons. The second kappa shape index (κ2) is 3.81. The number of aromatic amines is 1. The Morgan fingerprint density at radius 3 is 2.81 bits per heavy atom. The summed E-state index contributed by atoms with van der Waals surface area (Å²) in [5.74, 6) is 0. The first kappa shape index (κ1) is 9.69. The molecule has 16 heavy (non-hydrogen) atoms. The van der Waals surface area contributed by atoms with Crippen molar-refractivity contribution in [2.75, 3.05) is 0 Å². The van der Waals surface area contributed by atoms with Gasteiger partial charge in [0.05, 0.1) is 10.2 Å². The smallest absolute Gasteiger partial charge is 0.127 e. The highest BCUT2D eigenvalue weighted by atomic mass is 32.1. The summed E-state index contributed by atoms with van der Waals surface area (Å²) in [7, 11) is 0. The summed E-state index contributed by atoms with van der Waals surface area (Å²) in [5.41, 5.74) is 2.03.